The number of amides is 1. The maximum atomic E-state index is 12.1. The van der Waals surface area contributed by atoms with E-state index in [4.69, 9.17) is 4.52 Å². The summed E-state index contributed by atoms with van der Waals surface area (Å²) in [5.74, 6) is 0.456. The normalized spacial score (nSPS) is 18.6. The number of aromatic nitrogens is 1. The van der Waals surface area contributed by atoms with E-state index in [9.17, 15) is 4.79 Å². The summed E-state index contributed by atoms with van der Waals surface area (Å²) in [7, 11) is 0. The Morgan fingerprint density at radius 2 is 2.00 bits per heavy atom. The molecule has 1 atom stereocenters. The van der Waals surface area contributed by atoms with Crippen molar-refractivity contribution in [2.24, 2.45) is 0 Å². The monoisotopic (exact) mass is 251 g/mol. The van der Waals surface area contributed by atoms with Gasteiger partial charge in [0.2, 0.25) is 11.8 Å². The van der Waals surface area contributed by atoms with Gasteiger partial charge in [0.05, 0.1) is 11.7 Å². The van der Waals surface area contributed by atoms with E-state index in [-0.39, 0.29) is 11.9 Å². The second-order valence-electron chi connectivity index (χ2n) is 4.98. The molecule has 1 amide bonds. The molecule has 1 fully saturated rings. The molecule has 1 aromatic heterocycles. The number of likely N-dealkylation sites (tertiary alicyclic amines) is 1. The van der Waals surface area contributed by atoms with Crippen LogP contribution in [0.1, 0.15) is 37.4 Å². The van der Waals surface area contributed by atoms with E-state index in [0.29, 0.717) is 5.88 Å². The van der Waals surface area contributed by atoms with Crippen molar-refractivity contribution >= 4 is 11.8 Å². The Labute approximate surface area is 108 Å². The molecule has 100 valence electrons. The van der Waals surface area contributed by atoms with Gasteiger partial charge >= 0.3 is 0 Å². The molecule has 1 N–H and O–H groups in total. The summed E-state index contributed by atoms with van der Waals surface area (Å²) in [4.78, 5) is 14.4. The molecular formula is C13H21N3O2. The fourth-order valence-corrected chi connectivity index (χ4v) is 2.22. The number of nitrogens with zero attached hydrogens (tertiary/aromatic N) is 2. The maximum absolute atomic E-state index is 12.1. The van der Waals surface area contributed by atoms with Crippen LogP contribution in [0.5, 0.6) is 0 Å². The number of piperidine rings is 1. The van der Waals surface area contributed by atoms with E-state index in [0.717, 1.165) is 24.3 Å². The van der Waals surface area contributed by atoms with E-state index in [1.165, 1.54) is 19.3 Å². The first kappa shape index (κ1) is 13.1. The molecule has 0 aromatic carbocycles. The lowest BCUT2D eigenvalue weighted by Crippen LogP contribution is -2.44. The molecule has 1 unspecified atom stereocenters. The van der Waals surface area contributed by atoms with Crippen molar-refractivity contribution in [1.29, 1.82) is 0 Å². The Kier molecular flexibility index (Phi) is 4.01. The Morgan fingerprint density at radius 1 is 1.33 bits per heavy atom. The van der Waals surface area contributed by atoms with Crippen molar-refractivity contribution in [3.8, 4) is 0 Å². The SMILES string of the molecule is Cc1noc(NC(=O)C(C)N2CCCCC2)c1C. The van der Waals surface area contributed by atoms with Crippen LogP contribution in [0, 0.1) is 13.8 Å². The molecule has 0 saturated carbocycles. The van der Waals surface area contributed by atoms with Gasteiger partial charge in [-0.1, -0.05) is 11.6 Å². The lowest BCUT2D eigenvalue weighted by molar-refractivity contribution is -0.121. The van der Waals surface area contributed by atoms with Gasteiger partial charge in [0.1, 0.15) is 0 Å². The van der Waals surface area contributed by atoms with Crippen molar-refractivity contribution in [2.75, 3.05) is 18.4 Å². The Morgan fingerprint density at radius 3 is 2.56 bits per heavy atom. The van der Waals surface area contributed by atoms with Crippen LogP contribution in [-0.4, -0.2) is 35.1 Å². The summed E-state index contributed by atoms with van der Waals surface area (Å²) < 4.78 is 5.10. The molecule has 0 radical (unpaired) electrons. The van der Waals surface area contributed by atoms with Gasteiger partial charge in [0.15, 0.2) is 0 Å². The predicted molar refractivity (Wildman–Crippen MR) is 69.5 cm³/mol. The molecule has 2 rings (SSSR count). The number of rotatable bonds is 3. The van der Waals surface area contributed by atoms with Gasteiger partial charge in [-0.15, -0.1) is 0 Å². The summed E-state index contributed by atoms with van der Waals surface area (Å²) in [6, 6.07) is -0.116. The summed E-state index contributed by atoms with van der Waals surface area (Å²) in [6.07, 6.45) is 3.63. The third-order valence-corrected chi connectivity index (χ3v) is 3.71. The first-order valence-corrected chi connectivity index (χ1v) is 6.57. The number of carbonyl (C=O) groups is 1. The second-order valence-corrected chi connectivity index (χ2v) is 4.98. The average Bonchev–Trinajstić information content (AvgIpc) is 2.71. The number of carbonyl (C=O) groups excluding carboxylic acids is 1. The van der Waals surface area contributed by atoms with E-state index in [1.807, 2.05) is 20.8 Å². The van der Waals surface area contributed by atoms with Gasteiger partial charge in [0.25, 0.3) is 0 Å². The zero-order valence-electron chi connectivity index (χ0n) is 11.3. The van der Waals surface area contributed by atoms with Gasteiger partial charge in [0, 0.05) is 5.56 Å². The lowest BCUT2D eigenvalue weighted by atomic mass is 10.1. The number of aryl methyl sites for hydroxylation is 1. The van der Waals surface area contributed by atoms with Gasteiger partial charge in [-0.3, -0.25) is 15.0 Å². The molecular weight excluding hydrogens is 230 g/mol. The maximum Gasteiger partial charge on any atom is 0.243 e. The number of nitrogens with one attached hydrogen (secondary N) is 1. The highest BCUT2D eigenvalue weighted by Crippen LogP contribution is 2.19. The molecule has 2 heterocycles. The molecule has 0 bridgehead atoms. The van der Waals surface area contributed by atoms with Crippen molar-refractivity contribution < 1.29 is 9.32 Å². The highest BCUT2D eigenvalue weighted by molar-refractivity contribution is 5.94. The smallest absolute Gasteiger partial charge is 0.243 e. The second kappa shape index (κ2) is 5.52. The van der Waals surface area contributed by atoms with Gasteiger partial charge < -0.3 is 4.52 Å². The summed E-state index contributed by atoms with van der Waals surface area (Å²) >= 11 is 0. The molecule has 5 nitrogen and oxygen atoms in total. The van der Waals surface area contributed by atoms with Crippen LogP contribution in [0.4, 0.5) is 5.88 Å². The number of hydrogen-bond donors (Lipinski definition) is 1. The molecule has 18 heavy (non-hydrogen) atoms. The van der Waals surface area contributed by atoms with Crippen LogP contribution >= 0.6 is 0 Å². The van der Waals surface area contributed by atoms with Crippen LogP contribution in [0.15, 0.2) is 4.52 Å². The molecule has 1 saturated heterocycles. The first-order valence-electron chi connectivity index (χ1n) is 6.57. The molecule has 1 aliphatic rings. The average molecular weight is 251 g/mol. The van der Waals surface area contributed by atoms with Gasteiger partial charge in [-0.2, -0.15) is 0 Å². The fraction of sp³-hybridized carbons (Fsp3) is 0.692. The number of hydrogen-bond acceptors (Lipinski definition) is 4. The highest BCUT2D eigenvalue weighted by atomic mass is 16.5. The third-order valence-electron chi connectivity index (χ3n) is 3.71. The summed E-state index contributed by atoms with van der Waals surface area (Å²) in [5.41, 5.74) is 1.71. The van der Waals surface area contributed by atoms with Crippen LogP contribution in [0.2, 0.25) is 0 Å². The fourth-order valence-electron chi connectivity index (χ4n) is 2.22. The van der Waals surface area contributed by atoms with E-state index >= 15 is 0 Å². The first-order chi connectivity index (χ1) is 8.59. The molecule has 1 aliphatic heterocycles. The van der Waals surface area contributed by atoms with Gasteiger partial charge in [-0.25, -0.2) is 0 Å². The van der Waals surface area contributed by atoms with Crippen LogP contribution < -0.4 is 5.32 Å². The van der Waals surface area contributed by atoms with Crippen LogP contribution in [-0.2, 0) is 4.79 Å². The Balaban J connectivity index is 1.96. The minimum atomic E-state index is -0.116. The Bertz CT molecular complexity index is 422. The van der Waals surface area contributed by atoms with E-state index in [2.05, 4.69) is 15.4 Å². The van der Waals surface area contributed by atoms with Gasteiger partial charge in [-0.05, 0) is 46.7 Å². The Hall–Kier alpha value is -1.36. The van der Waals surface area contributed by atoms with Crippen LogP contribution in [0.3, 0.4) is 0 Å². The van der Waals surface area contributed by atoms with Crippen molar-refractivity contribution in [3.63, 3.8) is 0 Å². The lowest BCUT2D eigenvalue weighted by Gasteiger charge is -2.31. The minimum Gasteiger partial charge on any atom is -0.338 e. The topological polar surface area (TPSA) is 58.4 Å². The zero-order valence-corrected chi connectivity index (χ0v) is 11.3. The third kappa shape index (κ3) is 2.72. The molecule has 5 heteroatoms. The van der Waals surface area contributed by atoms with Crippen LogP contribution in [0.25, 0.3) is 0 Å². The van der Waals surface area contributed by atoms with E-state index in [1.54, 1.807) is 0 Å². The zero-order chi connectivity index (χ0) is 13.1. The number of anilines is 1. The van der Waals surface area contributed by atoms with Crippen molar-refractivity contribution in [2.45, 2.75) is 46.1 Å². The summed E-state index contributed by atoms with van der Waals surface area (Å²) in [5, 5.41) is 6.66. The molecule has 1 aromatic rings. The summed E-state index contributed by atoms with van der Waals surface area (Å²) in [6.45, 7) is 7.71. The standard InChI is InChI=1S/C13H21N3O2/c1-9-10(2)15-18-13(9)14-12(17)11(3)16-7-5-4-6-8-16/h11H,4-8H2,1-3H3,(H,14,17). The van der Waals surface area contributed by atoms with Crippen molar-refractivity contribution in [1.82, 2.24) is 10.1 Å². The molecule has 0 spiro atoms. The minimum absolute atomic E-state index is 0.0175. The van der Waals surface area contributed by atoms with Crippen molar-refractivity contribution in [3.05, 3.63) is 11.3 Å². The largest absolute Gasteiger partial charge is 0.338 e. The van der Waals surface area contributed by atoms with E-state index < -0.39 is 0 Å². The predicted octanol–water partition coefficient (Wildman–Crippen LogP) is 2.10. The molecule has 0 aliphatic carbocycles. The highest BCUT2D eigenvalue weighted by Gasteiger charge is 2.24. The quantitative estimate of drug-likeness (QED) is 0.893.